The largest absolute Gasteiger partial charge is 0.507 e. The fraction of sp³-hybridized carbons (Fsp3) is 0.294. The number of hydrogen-bond acceptors (Lipinski definition) is 5. The van der Waals surface area contributed by atoms with Crippen LogP contribution < -0.4 is 11.1 Å². The zero-order valence-electron chi connectivity index (χ0n) is 13.4. The number of para-hydroxylation sites is 1. The zero-order valence-corrected chi connectivity index (χ0v) is 14.2. The number of carbonyl (C=O) groups excluding carboxylic acids is 2. The van der Waals surface area contributed by atoms with Crippen molar-refractivity contribution < 1.29 is 19.4 Å². The van der Waals surface area contributed by atoms with Gasteiger partial charge in [-0.25, -0.2) is 0 Å². The maximum atomic E-state index is 12.4. The van der Waals surface area contributed by atoms with Gasteiger partial charge < -0.3 is 20.9 Å². The van der Waals surface area contributed by atoms with Crippen LogP contribution in [0.5, 0.6) is 5.75 Å². The Morgan fingerprint density at radius 1 is 1.33 bits per heavy atom. The third-order valence-electron chi connectivity index (χ3n) is 3.91. The van der Waals surface area contributed by atoms with Crippen LogP contribution in [0.1, 0.15) is 45.0 Å². The smallest absolute Gasteiger partial charge is 0.260 e. The Morgan fingerprint density at radius 2 is 2.04 bits per heavy atom. The standard InChI is InChI=1S/C17H18N2O4S/c1-17(2)7-10-12(8-23-17)24-16(13(10)14(18)21)19-15(22)9-5-3-4-6-11(9)20/h3-6,20H,7-8H2,1-2H3,(H2,18,21)(H,19,22). The van der Waals surface area contributed by atoms with E-state index < -0.39 is 17.4 Å². The summed E-state index contributed by atoms with van der Waals surface area (Å²) < 4.78 is 5.75. The van der Waals surface area contributed by atoms with Gasteiger partial charge in [-0.3, -0.25) is 9.59 Å². The number of nitrogens with one attached hydrogen (secondary N) is 1. The number of nitrogens with two attached hydrogens (primary N) is 1. The van der Waals surface area contributed by atoms with Crippen LogP contribution in [0.15, 0.2) is 24.3 Å². The monoisotopic (exact) mass is 346 g/mol. The fourth-order valence-corrected chi connectivity index (χ4v) is 3.87. The molecule has 6 nitrogen and oxygen atoms in total. The first kappa shape index (κ1) is 16.5. The van der Waals surface area contributed by atoms with Gasteiger partial charge in [-0.05, 0) is 31.5 Å². The van der Waals surface area contributed by atoms with E-state index in [1.54, 1.807) is 12.1 Å². The summed E-state index contributed by atoms with van der Waals surface area (Å²) in [5.74, 6) is -1.20. The minimum Gasteiger partial charge on any atom is -0.507 e. The SMILES string of the molecule is CC1(C)Cc2c(sc(NC(=O)c3ccccc3O)c2C(N)=O)CO1. The number of amides is 2. The van der Waals surface area contributed by atoms with Crippen molar-refractivity contribution in [2.45, 2.75) is 32.5 Å². The van der Waals surface area contributed by atoms with E-state index in [1.807, 2.05) is 13.8 Å². The average molecular weight is 346 g/mol. The van der Waals surface area contributed by atoms with Crippen molar-refractivity contribution in [2.24, 2.45) is 5.73 Å². The Balaban J connectivity index is 1.97. The van der Waals surface area contributed by atoms with Crippen LogP contribution in [0.2, 0.25) is 0 Å². The molecule has 126 valence electrons. The lowest BCUT2D eigenvalue weighted by Gasteiger charge is -2.30. The maximum absolute atomic E-state index is 12.4. The van der Waals surface area contributed by atoms with Crippen LogP contribution >= 0.6 is 11.3 Å². The van der Waals surface area contributed by atoms with E-state index in [9.17, 15) is 14.7 Å². The average Bonchev–Trinajstić information content (AvgIpc) is 2.83. The van der Waals surface area contributed by atoms with Crippen LogP contribution in [0.4, 0.5) is 5.00 Å². The van der Waals surface area contributed by atoms with Crippen molar-refractivity contribution >= 4 is 28.2 Å². The second kappa shape index (κ2) is 5.92. The molecular formula is C17H18N2O4S. The molecule has 0 radical (unpaired) electrons. The molecule has 1 aliphatic rings. The summed E-state index contributed by atoms with van der Waals surface area (Å²) in [6.07, 6.45) is 0.545. The van der Waals surface area contributed by atoms with Crippen molar-refractivity contribution in [1.82, 2.24) is 0 Å². The van der Waals surface area contributed by atoms with E-state index in [-0.39, 0.29) is 11.3 Å². The van der Waals surface area contributed by atoms with E-state index in [1.165, 1.54) is 23.5 Å². The molecule has 1 aromatic heterocycles. The van der Waals surface area contributed by atoms with Gasteiger partial charge in [-0.1, -0.05) is 12.1 Å². The Hall–Kier alpha value is -2.38. The number of thiophene rings is 1. The van der Waals surface area contributed by atoms with Gasteiger partial charge in [0.2, 0.25) is 0 Å². The molecule has 0 saturated carbocycles. The lowest BCUT2D eigenvalue weighted by atomic mass is 9.93. The molecular weight excluding hydrogens is 328 g/mol. The topological polar surface area (TPSA) is 102 Å². The van der Waals surface area contributed by atoms with E-state index in [2.05, 4.69) is 5.32 Å². The summed E-state index contributed by atoms with van der Waals surface area (Å²) in [6.45, 7) is 4.26. The zero-order chi connectivity index (χ0) is 17.5. The number of anilines is 1. The molecule has 0 saturated heterocycles. The van der Waals surface area contributed by atoms with E-state index in [0.717, 1.165) is 10.4 Å². The Labute approximate surface area is 143 Å². The number of ether oxygens (including phenoxy) is 1. The molecule has 0 fully saturated rings. The number of phenolic OH excluding ortho intramolecular Hbond substituents is 1. The molecule has 1 aromatic carbocycles. The Bertz CT molecular complexity index is 826. The number of benzene rings is 1. The van der Waals surface area contributed by atoms with Crippen molar-refractivity contribution in [3.63, 3.8) is 0 Å². The van der Waals surface area contributed by atoms with Crippen molar-refractivity contribution in [3.8, 4) is 5.75 Å². The quantitative estimate of drug-likeness (QED) is 0.795. The first-order valence-corrected chi connectivity index (χ1v) is 8.28. The van der Waals surface area contributed by atoms with Gasteiger partial charge in [0.25, 0.3) is 11.8 Å². The van der Waals surface area contributed by atoms with Crippen LogP contribution in [0.25, 0.3) is 0 Å². The highest BCUT2D eigenvalue weighted by Gasteiger charge is 2.33. The molecule has 0 aliphatic carbocycles. The summed E-state index contributed by atoms with van der Waals surface area (Å²) in [4.78, 5) is 25.2. The molecule has 0 unspecified atom stereocenters. The number of hydrogen-bond donors (Lipinski definition) is 3. The predicted octanol–water partition coefficient (Wildman–Crippen LogP) is 2.66. The molecule has 1 aliphatic heterocycles. The van der Waals surface area contributed by atoms with Gasteiger partial charge in [0.05, 0.1) is 23.3 Å². The number of primary amides is 1. The van der Waals surface area contributed by atoms with Gasteiger partial charge in [-0.2, -0.15) is 0 Å². The van der Waals surface area contributed by atoms with Gasteiger partial charge in [-0.15, -0.1) is 11.3 Å². The number of rotatable bonds is 3. The lowest BCUT2D eigenvalue weighted by molar-refractivity contribution is -0.0383. The normalized spacial score (nSPS) is 15.6. The van der Waals surface area contributed by atoms with Crippen LogP contribution in [-0.2, 0) is 17.8 Å². The second-order valence-corrected chi connectivity index (χ2v) is 7.37. The highest BCUT2D eigenvalue weighted by Crippen LogP contribution is 2.40. The second-order valence-electron chi connectivity index (χ2n) is 6.27. The van der Waals surface area contributed by atoms with Gasteiger partial charge in [0, 0.05) is 11.3 Å². The van der Waals surface area contributed by atoms with Gasteiger partial charge in [0.1, 0.15) is 10.8 Å². The van der Waals surface area contributed by atoms with Crippen LogP contribution in [0, 0.1) is 0 Å². The minimum absolute atomic E-state index is 0.124. The van der Waals surface area contributed by atoms with E-state index in [4.69, 9.17) is 10.5 Å². The van der Waals surface area contributed by atoms with Gasteiger partial charge >= 0.3 is 0 Å². The molecule has 2 amide bonds. The summed E-state index contributed by atoms with van der Waals surface area (Å²) in [6, 6.07) is 6.22. The predicted molar refractivity (Wildman–Crippen MR) is 91.5 cm³/mol. The van der Waals surface area contributed by atoms with E-state index >= 15 is 0 Å². The molecule has 24 heavy (non-hydrogen) atoms. The number of phenols is 1. The van der Waals surface area contributed by atoms with Crippen molar-refractivity contribution in [2.75, 3.05) is 5.32 Å². The molecule has 7 heteroatoms. The molecule has 4 N–H and O–H groups in total. The molecule has 2 heterocycles. The summed E-state index contributed by atoms with van der Waals surface area (Å²) in [5, 5.41) is 12.9. The third-order valence-corrected chi connectivity index (χ3v) is 5.03. The molecule has 3 rings (SSSR count). The Kier molecular flexibility index (Phi) is 4.06. The molecule has 2 aromatic rings. The highest BCUT2D eigenvalue weighted by atomic mass is 32.1. The summed E-state index contributed by atoms with van der Waals surface area (Å²) in [5.41, 5.74) is 6.44. The third kappa shape index (κ3) is 3.00. The van der Waals surface area contributed by atoms with E-state index in [0.29, 0.717) is 23.6 Å². The van der Waals surface area contributed by atoms with Crippen molar-refractivity contribution in [3.05, 3.63) is 45.8 Å². The minimum atomic E-state index is -0.585. The first-order chi connectivity index (χ1) is 11.3. The summed E-state index contributed by atoms with van der Waals surface area (Å²) in [7, 11) is 0. The fourth-order valence-electron chi connectivity index (χ4n) is 2.74. The van der Waals surface area contributed by atoms with Crippen LogP contribution in [-0.4, -0.2) is 22.5 Å². The van der Waals surface area contributed by atoms with Crippen LogP contribution in [0.3, 0.4) is 0 Å². The number of fused-ring (bicyclic) bond motifs is 1. The number of aromatic hydroxyl groups is 1. The highest BCUT2D eigenvalue weighted by molar-refractivity contribution is 7.17. The maximum Gasteiger partial charge on any atom is 0.260 e. The first-order valence-electron chi connectivity index (χ1n) is 7.46. The molecule has 0 atom stereocenters. The Morgan fingerprint density at radius 3 is 2.71 bits per heavy atom. The summed E-state index contributed by atoms with van der Waals surface area (Å²) >= 11 is 1.28. The number of carbonyl (C=O) groups is 2. The molecule has 0 spiro atoms. The van der Waals surface area contributed by atoms with Crippen molar-refractivity contribution in [1.29, 1.82) is 0 Å². The lowest BCUT2D eigenvalue weighted by Crippen LogP contribution is -2.32. The molecule has 0 bridgehead atoms. The van der Waals surface area contributed by atoms with Gasteiger partial charge in [0.15, 0.2) is 0 Å².